The molecule has 0 saturated carbocycles. The zero-order valence-corrected chi connectivity index (χ0v) is 15.9. The molecule has 0 aliphatic carbocycles. The minimum Gasteiger partial charge on any atom is -0.872 e. The summed E-state index contributed by atoms with van der Waals surface area (Å²) in [5, 5.41) is 21.4. The molecule has 0 atom stereocenters. The maximum Gasteiger partial charge on any atom is 0.335 e. The van der Waals surface area contributed by atoms with Crippen LogP contribution in [-0.4, -0.2) is 34.1 Å². The topological polar surface area (TPSA) is 93.0 Å². The van der Waals surface area contributed by atoms with Crippen LogP contribution in [0.1, 0.15) is 15.9 Å². The van der Waals surface area contributed by atoms with Crippen molar-refractivity contribution in [1.82, 2.24) is 4.90 Å². The maximum atomic E-state index is 12.4. The van der Waals surface area contributed by atoms with E-state index in [1.54, 1.807) is 31.3 Å². The third kappa shape index (κ3) is 3.81. The number of aromatic carboxylic acids is 1. The van der Waals surface area contributed by atoms with Gasteiger partial charge in [-0.15, -0.1) is 5.75 Å². The zero-order valence-electron chi connectivity index (χ0n) is 13.5. The average Bonchev–Trinajstić information content (AvgIpc) is 2.86. The molecule has 3 rings (SSSR count). The number of rotatable bonds is 3. The van der Waals surface area contributed by atoms with E-state index in [4.69, 9.17) is 5.11 Å². The summed E-state index contributed by atoms with van der Waals surface area (Å²) in [6.45, 7) is 0. The van der Waals surface area contributed by atoms with Gasteiger partial charge in [0.2, 0.25) is 0 Å². The standard InChI is InChI=1S/C18H13BrN2O4S/c1-21-16(23)15(9-11-7-12(19)5-6-14(11)22)26-18(21)20-13-4-2-3-10(8-13)17(24)25/h2-9,22H,1H3,(H,24,25)/p-1/b15-9-,20-18?. The van der Waals surface area contributed by atoms with Crippen LogP contribution in [0.5, 0.6) is 5.75 Å². The van der Waals surface area contributed by atoms with Crippen LogP contribution in [0.15, 0.2) is 56.8 Å². The Morgan fingerprint density at radius 1 is 1.31 bits per heavy atom. The fourth-order valence-electron chi connectivity index (χ4n) is 2.24. The van der Waals surface area contributed by atoms with E-state index in [2.05, 4.69) is 20.9 Å². The highest BCUT2D eigenvalue weighted by Gasteiger charge is 2.30. The van der Waals surface area contributed by atoms with Gasteiger partial charge in [0.05, 0.1) is 16.2 Å². The molecule has 1 amide bonds. The molecule has 26 heavy (non-hydrogen) atoms. The average molecular weight is 432 g/mol. The number of hydrogen-bond donors (Lipinski definition) is 1. The predicted octanol–water partition coefficient (Wildman–Crippen LogP) is 3.45. The second-order valence-electron chi connectivity index (χ2n) is 5.41. The lowest BCUT2D eigenvalue weighted by atomic mass is 10.2. The van der Waals surface area contributed by atoms with Crippen molar-refractivity contribution in [2.24, 2.45) is 4.99 Å². The fraction of sp³-hybridized carbons (Fsp3) is 0.0556. The number of likely N-dealkylation sites (N-methyl/N-ethyl adjacent to an activating group) is 1. The van der Waals surface area contributed by atoms with Crippen LogP contribution < -0.4 is 5.11 Å². The molecule has 1 aliphatic heterocycles. The molecular weight excluding hydrogens is 420 g/mol. The summed E-state index contributed by atoms with van der Waals surface area (Å²) in [4.78, 5) is 29.6. The third-order valence-corrected chi connectivity index (χ3v) is 5.13. The van der Waals surface area contributed by atoms with Crippen molar-refractivity contribution in [1.29, 1.82) is 0 Å². The minimum atomic E-state index is -1.05. The number of aliphatic imine (C=N–C) groups is 1. The second-order valence-corrected chi connectivity index (χ2v) is 7.33. The van der Waals surface area contributed by atoms with Crippen molar-refractivity contribution in [2.45, 2.75) is 0 Å². The first-order valence-corrected chi connectivity index (χ1v) is 9.02. The van der Waals surface area contributed by atoms with Gasteiger partial charge in [-0.05, 0) is 53.7 Å². The normalized spacial score (nSPS) is 17.3. The molecule has 0 radical (unpaired) electrons. The van der Waals surface area contributed by atoms with Gasteiger partial charge in [-0.2, -0.15) is 0 Å². The highest BCUT2D eigenvalue weighted by atomic mass is 79.9. The van der Waals surface area contributed by atoms with Crippen molar-refractivity contribution in [3.63, 3.8) is 0 Å². The van der Waals surface area contributed by atoms with Crippen LogP contribution >= 0.6 is 27.7 Å². The van der Waals surface area contributed by atoms with Crippen molar-refractivity contribution in [3.8, 4) is 5.75 Å². The van der Waals surface area contributed by atoms with Crippen LogP contribution in [0.3, 0.4) is 0 Å². The molecule has 2 aromatic carbocycles. The van der Waals surface area contributed by atoms with Gasteiger partial charge in [-0.25, -0.2) is 9.79 Å². The number of carbonyl (C=O) groups is 2. The lowest BCUT2D eigenvalue weighted by molar-refractivity contribution is -0.268. The number of halogens is 1. The molecule has 8 heteroatoms. The monoisotopic (exact) mass is 431 g/mol. The van der Waals surface area contributed by atoms with Gasteiger partial charge in [-0.3, -0.25) is 9.69 Å². The Balaban J connectivity index is 1.94. The molecule has 1 aliphatic rings. The minimum absolute atomic E-state index is 0.115. The summed E-state index contributed by atoms with van der Waals surface area (Å²) in [6, 6.07) is 10.9. The molecule has 2 aromatic rings. The second kappa shape index (κ2) is 7.35. The van der Waals surface area contributed by atoms with Crippen LogP contribution in [-0.2, 0) is 4.79 Å². The Morgan fingerprint density at radius 2 is 2.08 bits per heavy atom. The summed E-state index contributed by atoms with van der Waals surface area (Å²) in [6.07, 6.45) is 1.53. The molecule has 1 fully saturated rings. The Hall–Kier alpha value is -2.58. The number of amidine groups is 1. The first kappa shape index (κ1) is 18.2. The Morgan fingerprint density at radius 3 is 2.81 bits per heavy atom. The van der Waals surface area contributed by atoms with Crippen LogP contribution in [0, 0.1) is 0 Å². The van der Waals surface area contributed by atoms with Crippen molar-refractivity contribution >= 4 is 56.5 Å². The van der Waals surface area contributed by atoms with E-state index < -0.39 is 5.97 Å². The number of amides is 1. The maximum absolute atomic E-state index is 12.4. The van der Waals surface area contributed by atoms with Crippen LogP contribution in [0.2, 0.25) is 0 Å². The van der Waals surface area contributed by atoms with Gasteiger partial charge in [0.1, 0.15) is 0 Å². The first-order valence-electron chi connectivity index (χ1n) is 7.41. The molecule has 0 bridgehead atoms. The predicted molar refractivity (Wildman–Crippen MR) is 102 cm³/mol. The SMILES string of the molecule is CN1C(=O)/C(=C/c2cc(Br)ccc2[O-])SC1=Nc1cccc(C(=O)O)c1. The van der Waals surface area contributed by atoms with Gasteiger partial charge < -0.3 is 10.2 Å². The lowest BCUT2D eigenvalue weighted by Crippen LogP contribution is -2.23. The molecule has 132 valence electrons. The summed E-state index contributed by atoms with van der Waals surface area (Å²) < 4.78 is 0.743. The zero-order chi connectivity index (χ0) is 18.8. The quantitative estimate of drug-likeness (QED) is 0.750. The van der Waals surface area contributed by atoms with Crippen molar-refractivity contribution in [2.75, 3.05) is 7.05 Å². The summed E-state index contributed by atoms with van der Waals surface area (Å²) in [5.74, 6) is -1.51. The molecule has 1 saturated heterocycles. The largest absolute Gasteiger partial charge is 0.872 e. The van der Waals surface area contributed by atoms with Crippen LogP contribution in [0.4, 0.5) is 5.69 Å². The van der Waals surface area contributed by atoms with E-state index in [-0.39, 0.29) is 17.2 Å². The Labute approximate surface area is 162 Å². The van der Waals surface area contributed by atoms with Crippen LogP contribution in [0.25, 0.3) is 6.08 Å². The van der Waals surface area contributed by atoms with E-state index in [1.807, 2.05) is 0 Å². The molecule has 0 unspecified atom stereocenters. The molecule has 1 N–H and O–H groups in total. The number of carbonyl (C=O) groups excluding carboxylic acids is 1. The number of nitrogens with zero attached hydrogens (tertiary/aromatic N) is 2. The van der Waals surface area contributed by atoms with Gasteiger partial charge in [-0.1, -0.05) is 28.1 Å². The van der Waals surface area contributed by atoms with E-state index >= 15 is 0 Å². The Bertz CT molecular complexity index is 971. The highest BCUT2D eigenvalue weighted by Crippen LogP contribution is 2.34. The Kier molecular flexibility index (Phi) is 5.15. The summed E-state index contributed by atoms with van der Waals surface area (Å²) in [7, 11) is 1.58. The van der Waals surface area contributed by atoms with E-state index in [1.165, 1.54) is 29.2 Å². The van der Waals surface area contributed by atoms with Gasteiger partial charge in [0.25, 0.3) is 5.91 Å². The molecular formula is C18H12BrN2O4S-. The first-order chi connectivity index (χ1) is 12.3. The molecule has 0 spiro atoms. The van der Waals surface area contributed by atoms with Gasteiger partial charge >= 0.3 is 5.97 Å². The summed E-state index contributed by atoms with van der Waals surface area (Å²) >= 11 is 4.44. The van der Waals surface area contributed by atoms with Gasteiger partial charge in [0, 0.05) is 11.5 Å². The molecule has 0 aromatic heterocycles. The van der Waals surface area contributed by atoms with Crippen molar-refractivity contribution < 1.29 is 19.8 Å². The summed E-state index contributed by atoms with van der Waals surface area (Å²) in [5.41, 5.74) is 0.947. The molecule has 1 heterocycles. The fourth-order valence-corrected chi connectivity index (χ4v) is 3.60. The number of carboxylic acid groups (broad SMARTS) is 1. The number of carboxylic acids is 1. The highest BCUT2D eigenvalue weighted by molar-refractivity contribution is 9.10. The number of hydrogen-bond acceptors (Lipinski definition) is 5. The number of benzene rings is 2. The van der Waals surface area contributed by atoms with E-state index in [0.29, 0.717) is 21.3 Å². The van der Waals surface area contributed by atoms with E-state index in [9.17, 15) is 14.7 Å². The number of thioether (sulfide) groups is 1. The smallest absolute Gasteiger partial charge is 0.335 e. The van der Waals surface area contributed by atoms with Gasteiger partial charge in [0.15, 0.2) is 5.17 Å². The molecule has 6 nitrogen and oxygen atoms in total. The lowest BCUT2D eigenvalue weighted by Gasteiger charge is -2.10. The van der Waals surface area contributed by atoms with Crippen molar-refractivity contribution in [3.05, 3.63) is 63.0 Å². The van der Waals surface area contributed by atoms with E-state index in [0.717, 1.165) is 16.2 Å². The third-order valence-electron chi connectivity index (χ3n) is 3.58.